The number of carbonyl (C=O) groups excluding carboxylic acids is 1. The van der Waals surface area contributed by atoms with E-state index in [9.17, 15) is 9.18 Å². The van der Waals surface area contributed by atoms with Crippen LogP contribution >= 0.6 is 0 Å². The Morgan fingerprint density at radius 2 is 1.64 bits per heavy atom. The first-order valence-corrected chi connectivity index (χ1v) is 8.67. The Balaban J connectivity index is 2.23. The molecule has 1 unspecified atom stereocenters. The maximum absolute atomic E-state index is 13.7. The zero-order chi connectivity index (χ0) is 20.3. The highest BCUT2D eigenvalue weighted by molar-refractivity contribution is 5.72. The average molecular weight is 388 g/mol. The lowest BCUT2D eigenvalue weighted by atomic mass is 9.96. The van der Waals surface area contributed by atoms with E-state index in [4.69, 9.17) is 18.9 Å². The fourth-order valence-corrected chi connectivity index (χ4v) is 3.14. The minimum Gasteiger partial charge on any atom is -0.493 e. The van der Waals surface area contributed by atoms with Crippen molar-refractivity contribution in [3.05, 3.63) is 52.4 Å². The highest BCUT2D eigenvalue weighted by Gasteiger charge is 2.38. The third kappa shape index (κ3) is 3.49. The lowest BCUT2D eigenvalue weighted by Crippen LogP contribution is -2.26. The summed E-state index contributed by atoms with van der Waals surface area (Å²) in [5.74, 6) is 0.286. The summed E-state index contributed by atoms with van der Waals surface area (Å²) >= 11 is 0. The minimum absolute atomic E-state index is 0.157. The predicted octanol–water partition coefficient (Wildman–Crippen LogP) is 1.91. The number of carbonyl (C=O) groups is 1. The van der Waals surface area contributed by atoms with Crippen molar-refractivity contribution >= 4 is 5.97 Å². The first-order valence-electron chi connectivity index (χ1n) is 8.67. The molecule has 2 aromatic carbocycles. The van der Waals surface area contributed by atoms with Gasteiger partial charge in [-0.15, -0.1) is 0 Å². The Labute approximate surface area is 161 Å². The van der Waals surface area contributed by atoms with Gasteiger partial charge in [-0.05, 0) is 31.2 Å². The third-order valence-electron chi connectivity index (χ3n) is 4.37. The standard InChI is InChI=1S/C20H21FN2O5/c1-5-28-18(24)11-20(22-14-7-6-13(21)10-15(14)23-20)12-8-16(25-2)19(27-4)17(9-12)26-3/h6-10H,5,11H2,1-4H3. The molecule has 0 amide bonds. The molecule has 0 saturated carbocycles. The summed E-state index contributed by atoms with van der Waals surface area (Å²) in [4.78, 5) is 21.5. The molecule has 28 heavy (non-hydrogen) atoms. The van der Waals surface area contributed by atoms with Gasteiger partial charge in [0.15, 0.2) is 17.2 Å². The third-order valence-corrected chi connectivity index (χ3v) is 4.37. The summed E-state index contributed by atoms with van der Waals surface area (Å²) in [6.07, 6.45) is -0.157. The number of rotatable bonds is 7. The molecule has 7 nitrogen and oxygen atoms in total. The second kappa shape index (κ2) is 7.84. The molecule has 0 bridgehead atoms. The van der Waals surface area contributed by atoms with Gasteiger partial charge in [0.2, 0.25) is 5.75 Å². The van der Waals surface area contributed by atoms with Crippen LogP contribution in [0.1, 0.15) is 18.9 Å². The molecule has 0 aliphatic carbocycles. The van der Waals surface area contributed by atoms with Gasteiger partial charge in [-0.3, -0.25) is 4.79 Å². The van der Waals surface area contributed by atoms with E-state index in [1.807, 2.05) is 0 Å². The average Bonchev–Trinajstić information content (AvgIpc) is 3.04. The molecule has 1 aliphatic heterocycles. The first kappa shape index (κ1) is 19.6. The minimum atomic E-state index is -1.32. The monoisotopic (exact) mass is 388 g/mol. The van der Waals surface area contributed by atoms with Crippen molar-refractivity contribution in [2.45, 2.75) is 19.0 Å². The van der Waals surface area contributed by atoms with E-state index < -0.39 is 17.4 Å². The first-order chi connectivity index (χ1) is 13.5. The number of nitrogens with zero attached hydrogens (tertiary/aromatic N) is 2. The topological polar surface area (TPSA) is 78.7 Å². The number of ether oxygens (including phenoxy) is 4. The summed E-state index contributed by atoms with van der Waals surface area (Å²) in [5, 5.41) is 0.845. The van der Waals surface area contributed by atoms with Gasteiger partial charge in [0.1, 0.15) is 5.82 Å². The maximum Gasteiger partial charge on any atom is 0.310 e. The highest BCUT2D eigenvalue weighted by atomic mass is 19.1. The van der Waals surface area contributed by atoms with Crippen LogP contribution in [0, 0.1) is 5.82 Å². The maximum atomic E-state index is 13.7. The zero-order valence-electron chi connectivity index (χ0n) is 16.1. The number of methoxy groups -OCH3 is 3. The van der Waals surface area contributed by atoms with Gasteiger partial charge >= 0.3 is 5.97 Å². The molecule has 1 atom stereocenters. The Bertz CT molecular complexity index is 999. The van der Waals surface area contributed by atoms with Gasteiger partial charge in [0.25, 0.3) is 0 Å². The van der Waals surface area contributed by atoms with Crippen LogP contribution in [0.25, 0.3) is 0 Å². The molecule has 0 saturated heterocycles. The second-order valence-electron chi connectivity index (χ2n) is 6.07. The van der Waals surface area contributed by atoms with Crippen LogP contribution in [0.3, 0.4) is 0 Å². The molecule has 0 N–H and O–H groups in total. The molecular weight excluding hydrogens is 367 g/mol. The predicted molar refractivity (Wildman–Crippen MR) is 97.7 cm³/mol. The van der Waals surface area contributed by atoms with Gasteiger partial charge < -0.3 is 18.9 Å². The molecule has 0 fully saturated rings. The molecule has 1 aliphatic rings. The van der Waals surface area contributed by atoms with Crippen LogP contribution < -0.4 is 24.9 Å². The van der Waals surface area contributed by atoms with E-state index in [1.165, 1.54) is 39.5 Å². The Hall–Kier alpha value is -3.16. The van der Waals surface area contributed by atoms with Crippen LogP contribution in [-0.4, -0.2) is 33.9 Å². The van der Waals surface area contributed by atoms with E-state index in [-0.39, 0.29) is 13.0 Å². The normalized spacial score (nSPS) is 17.2. The lowest BCUT2D eigenvalue weighted by molar-refractivity contribution is -0.144. The SMILES string of the molecule is CCOC(=O)CC1(c2cc(OC)c(OC)c(OC)c2)N=c2ccc(F)cc2=N1. The molecule has 2 aromatic rings. The summed E-state index contributed by atoms with van der Waals surface area (Å²) < 4.78 is 35.0. The second-order valence-corrected chi connectivity index (χ2v) is 6.07. The molecule has 0 spiro atoms. The van der Waals surface area contributed by atoms with Gasteiger partial charge in [0, 0.05) is 11.6 Å². The molecular formula is C20H21FN2O5. The summed E-state index contributed by atoms with van der Waals surface area (Å²) in [6.45, 7) is 1.95. The van der Waals surface area contributed by atoms with Crippen LogP contribution in [0.15, 0.2) is 40.3 Å². The van der Waals surface area contributed by atoms with Crippen molar-refractivity contribution in [2.75, 3.05) is 27.9 Å². The van der Waals surface area contributed by atoms with Crippen molar-refractivity contribution in [1.29, 1.82) is 0 Å². The van der Waals surface area contributed by atoms with Crippen LogP contribution in [0.5, 0.6) is 17.2 Å². The van der Waals surface area contributed by atoms with E-state index in [2.05, 4.69) is 9.98 Å². The molecule has 0 radical (unpaired) electrons. The fourth-order valence-electron chi connectivity index (χ4n) is 3.14. The van der Waals surface area contributed by atoms with E-state index in [1.54, 1.807) is 19.1 Å². The Morgan fingerprint density at radius 1 is 1.00 bits per heavy atom. The summed E-state index contributed by atoms with van der Waals surface area (Å²) in [6, 6.07) is 7.46. The van der Waals surface area contributed by atoms with E-state index >= 15 is 0 Å². The van der Waals surface area contributed by atoms with E-state index in [0.717, 1.165) is 0 Å². The molecule has 0 aromatic heterocycles. The Kier molecular flexibility index (Phi) is 5.48. The van der Waals surface area contributed by atoms with Gasteiger partial charge in [0.05, 0.1) is 45.1 Å². The molecule has 8 heteroatoms. The quantitative estimate of drug-likeness (QED) is 0.677. The van der Waals surface area contributed by atoms with Gasteiger partial charge in [-0.25, -0.2) is 14.4 Å². The summed E-state index contributed by atoms with van der Waals surface area (Å²) in [5.41, 5.74) is -0.790. The van der Waals surface area contributed by atoms with Gasteiger partial charge in [-0.1, -0.05) is 0 Å². The van der Waals surface area contributed by atoms with Crippen LogP contribution in [0.2, 0.25) is 0 Å². The Morgan fingerprint density at radius 3 is 2.21 bits per heavy atom. The van der Waals surface area contributed by atoms with E-state index in [0.29, 0.717) is 33.5 Å². The number of hydrogen-bond acceptors (Lipinski definition) is 7. The van der Waals surface area contributed by atoms with Crippen molar-refractivity contribution in [3.8, 4) is 17.2 Å². The number of halogens is 1. The largest absolute Gasteiger partial charge is 0.493 e. The highest BCUT2D eigenvalue weighted by Crippen LogP contribution is 2.43. The number of hydrogen-bond donors (Lipinski definition) is 0. The fraction of sp³-hybridized carbons (Fsp3) is 0.350. The van der Waals surface area contributed by atoms with Crippen molar-refractivity contribution < 1.29 is 28.1 Å². The smallest absolute Gasteiger partial charge is 0.310 e. The van der Waals surface area contributed by atoms with Crippen LogP contribution in [0.4, 0.5) is 4.39 Å². The molecule has 1 heterocycles. The van der Waals surface area contributed by atoms with Crippen molar-refractivity contribution in [1.82, 2.24) is 0 Å². The number of esters is 1. The lowest BCUT2D eigenvalue weighted by Gasteiger charge is -2.25. The summed E-state index contributed by atoms with van der Waals surface area (Å²) in [7, 11) is 4.48. The number of benzene rings is 2. The van der Waals surface area contributed by atoms with Crippen molar-refractivity contribution in [3.63, 3.8) is 0 Å². The molecule has 3 rings (SSSR count). The number of fused-ring (bicyclic) bond motifs is 1. The zero-order valence-corrected chi connectivity index (χ0v) is 16.1. The van der Waals surface area contributed by atoms with Gasteiger partial charge in [-0.2, -0.15) is 0 Å². The van der Waals surface area contributed by atoms with Crippen molar-refractivity contribution in [2.24, 2.45) is 9.98 Å². The molecule has 148 valence electrons. The van der Waals surface area contributed by atoms with Crippen LogP contribution in [-0.2, 0) is 15.2 Å².